The van der Waals surface area contributed by atoms with Gasteiger partial charge in [-0.25, -0.2) is 0 Å². The second-order valence-electron chi connectivity index (χ2n) is 1.56. The molecule has 0 radical (unpaired) electrons. The van der Waals surface area contributed by atoms with Crippen LogP contribution in [0.4, 0.5) is 0 Å². The number of hydrogen-bond donors (Lipinski definition) is 0. The molecule has 0 bridgehead atoms. The van der Waals surface area contributed by atoms with Crippen molar-refractivity contribution in [1.82, 2.24) is 0 Å². The molecule has 0 heterocycles. The van der Waals surface area contributed by atoms with E-state index in [2.05, 4.69) is 13.8 Å². The maximum atomic E-state index is 5.22. The Morgan fingerprint density at radius 1 is 1.50 bits per heavy atom. The normalized spacial score (nSPS) is 11.3. The molecule has 0 fully saturated rings. The van der Waals surface area contributed by atoms with Gasteiger partial charge in [0.25, 0.3) is 0 Å². The van der Waals surface area contributed by atoms with Gasteiger partial charge >= 0.3 is 0 Å². The predicted octanol–water partition coefficient (Wildman–Crippen LogP) is 2.39. The molecule has 0 unspecified atom stereocenters. The highest BCUT2D eigenvalue weighted by Crippen LogP contribution is 1.93. The monoisotopic (exact) mass is 104 g/mol. The van der Waals surface area contributed by atoms with E-state index in [4.69, 9.17) is 11.6 Å². The zero-order valence-corrected chi connectivity index (χ0v) is 4.87. The number of halogens is 1. The molecule has 0 aromatic heterocycles. The van der Waals surface area contributed by atoms with E-state index in [1.807, 2.05) is 6.08 Å². The summed E-state index contributed by atoms with van der Waals surface area (Å²) in [6.07, 6.45) is 1.93. The average Bonchev–Trinajstić information content (AvgIpc) is 1.35. The Hall–Kier alpha value is 0.0300. The fraction of sp³-hybridized carbons (Fsp3) is 0.600. The fourth-order valence-corrected chi connectivity index (χ4v) is 0.436. The zero-order valence-electron chi connectivity index (χ0n) is 4.11. The quantitative estimate of drug-likeness (QED) is 0.479. The summed E-state index contributed by atoms with van der Waals surface area (Å²) in [6, 6.07) is 0. The summed E-state index contributed by atoms with van der Waals surface area (Å²) in [6.45, 7) is 4.16. The SMILES string of the molecule is CC(C)/C=C/Cl. The van der Waals surface area contributed by atoms with Crippen molar-refractivity contribution < 1.29 is 0 Å². The van der Waals surface area contributed by atoms with Crippen LogP contribution >= 0.6 is 11.6 Å². The van der Waals surface area contributed by atoms with Gasteiger partial charge in [0, 0.05) is 5.54 Å². The molecule has 0 aromatic rings. The van der Waals surface area contributed by atoms with Crippen molar-refractivity contribution >= 4 is 11.6 Å². The molecule has 1 heteroatoms. The zero-order chi connectivity index (χ0) is 4.99. The van der Waals surface area contributed by atoms with Crippen molar-refractivity contribution in [3.63, 3.8) is 0 Å². The molecule has 0 amide bonds. The second-order valence-corrected chi connectivity index (χ2v) is 1.81. The number of allylic oxidation sites excluding steroid dienone is 1. The Labute approximate surface area is 43.8 Å². The van der Waals surface area contributed by atoms with Crippen LogP contribution in [-0.4, -0.2) is 0 Å². The van der Waals surface area contributed by atoms with E-state index < -0.39 is 0 Å². The van der Waals surface area contributed by atoms with Crippen molar-refractivity contribution in [1.29, 1.82) is 0 Å². The lowest BCUT2D eigenvalue weighted by atomic mass is 10.2. The highest BCUT2D eigenvalue weighted by atomic mass is 35.5. The summed E-state index contributed by atoms with van der Waals surface area (Å²) in [5.74, 6) is 0.586. The molecular weight excluding hydrogens is 95.5 g/mol. The Morgan fingerprint density at radius 2 is 2.00 bits per heavy atom. The van der Waals surface area contributed by atoms with Gasteiger partial charge in [0.1, 0.15) is 0 Å². The fourth-order valence-electron chi connectivity index (χ4n) is 0.145. The summed E-state index contributed by atoms with van der Waals surface area (Å²) in [4.78, 5) is 0. The van der Waals surface area contributed by atoms with Crippen LogP contribution in [0.1, 0.15) is 13.8 Å². The van der Waals surface area contributed by atoms with E-state index in [0.717, 1.165) is 0 Å². The van der Waals surface area contributed by atoms with Crippen molar-refractivity contribution in [3.8, 4) is 0 Å². The molecule has 0 atom stereocenters. The maximum Gasteiger partial charge on any atom is 0.000504 e. The molecule has 0 spiro atoms. The van der Waals surface area contributed by atoms with Crippen LogP contribution in [0.5, 0.6) is 0 Å². The van der Waals surface area contributed by atoms with Crippen LogP contribution in [0.25, 0.3) is 0 Å². The standard InChI is InChI=1S/C5H9Cl/c1-5(2)3-4-6/h3-5H,1-2H3/b4-3+. The Morgan fingerprint density at radius 3 is 2.00 bits per heavy atom. The van der Waals surface area contributed by atoms with Crippen molar-refractivity contribution in [2.75, 3.05) is 0 Å². The van der Waals surface area contributed by atoms with E-state index in [-0.39, 0.29) is 0 Å². The summed E-state index contributed by atoms with van der Waals surface area (Å²) in [5, 5.41) is 0. The first-order chi connectivity index (χ1) is 2.77. The molecule has 0 saturated heterocycles. The lowest BCUT2D eigenvalue weighted by Crippen LogP contribution is -1.72. The molecule has 0 aliphatic rings. The van der Waals surface area contributed by atoms with E-state index in [1.54, 1.807) is 5.54 Å². The molecular formula is C5H9Cl. The number of rotatable bonds is 1. The Balaban J connectivity index is 3.03. The van der Waals surface area contributed by atoms with Gasteiger partial charge in [0.15, 0.2) is 0 Å². The van der Waals surface area contributed by atoms with Crippen LogP contribution in [0.3, 0.4) is 0 Å². The molecule has 0 N–H and O–H groups in total. The topological polar surface area (TPSA) is 0 Å². The first kappa shape index (κ1) is 6.03. The van der Waals surface area contributed by atoms with Crippen LogP contribution in [0, 0.1) is 5.92 Å². The minimum absolute atomic E-state index is 0.586. The molecule has 0 aromatic carbocycles. The summed E-state index contributed by atoms with van der Waals surface area (Å²) in [7, 11) is 0. The van der Waals surface area contributed by atoms with E-state index in [9.17, 15) is 0 Å². The molecule has 0 aliphatic heterocycles. The smallest absolute Gasteiger partial charge is 0.000504 e. The van der Waals surface area contributed by atoms with Crippen LogP contribution in [0.15, 0.2) is 11.6 Å². The van der Waals surface area contributed by atoms with Gasteiger partial charge in [-0.3, -0.25) is 0 Å². The van der Waals surface area contributed by atoms with E-state index in [1.165, 1.54) is 0 Å². The summed E-state index contributed by atoms with van der Waals surface area (Å²) < 4.78 is 0. The molecule has 6 heavy (non-hydrogen) atoms. The third-order valence-electron chi connectivity index (χ3n) is 0.458. The molecule has 0 aliphatic carbocycles. The lowest BCUT2D eigenvalue weighted by Gasteiger charge is -1.86. The predicted molar refractivity (Wildman–Crippen MR) is 29.8 cm³/mol. The van der Waals surface area contributed by atoms with Gasteiger partial charge in [-0.2, -0.15) is 0 Å². The molecule has 0 nitrogen and oxygen atoms in total. The van der Waals surface area contributed by atoms with Gasteiger partial charge < -0.3 is 0 Å². The van der Waals surface area contributed by atoms with Gasteiger partial charge in [-0.15, -0.1) is 0 Å². The molecule has 36 valence electrons. The van der Waals surface area contributed by atoms with Crippen LogP contribution in [-0.2, 0) is 0 Å². The van der Waals surface area contributed by atoms with Gasteiger partial charge in [-0.1, -0.05) is 31.5 Å². The van der Waals surface area contributed by atoms with Crippen molar-refractivity contribution in [3.05, 3.63) is 11.6 Å². The Kier molecular flexibility index (Phi) is 3.24. The van der Waals surface area contributed by atoms with Gasteiger partial charge in [-0.05, 0) is 5.92 Å². The van der Waals surface area contributed by atoms with Crippen molar-refractivity contribution in [2.24, 2.45) is 5.92 Å². The Bertz CT molecular complexity index is 45.9. The minimum atomic E-state index is 0.586. The van der Waals surface area contributed by atoms with Gasteiger partial charge in [0.2, 0.25) is 0 Å². The summed E-state index contributed by atoms with van der Waals surface area (Å²) >= 11 is 5.22. The summed E-state index contributed by atoms with van der Waals surface area (Å²) in [5.41, 5.74) is 1.55. The molecule has 0 saturated carbocycles. The van der Waals surface area contributed by atoms with Gasteiger partial charge in [0.05, 0.1) is 0 Å². The highest BCUT2D eigenvalue weighted by Gasteiger charge is 1.77. The lowest BCUT2D eigenvalue weighted by molar-refractivity contribution is 0.833. The minimum Gasteiger partial charge on any atom is -0.0933 e. The third-order valence-corrected chi connectivity index (χ3v) is 0.603. The second kappa shape index (κ2) is 3.23. The van der Waals surface area contributed by atoms with Crippen LogP contribution in [0.2, 0.25) is 0 Å². The van der Waals surface area contributed by atoms with Crippen molar-refractivity contribution in [2.45, 2.75) is 13.8 Å². The number of hydrogen-bond acceptors (Lipinski definition) is 0. The van der Waals surface area contributed by atoms with E-state index in [0.29, 0.717) is 5.92 Å². The maximum absolute atomic E-state index is 5.22. The average molecular weight is 105 g/mol. The third kappa shape index (κ3) is 4.03. The molecule has 0 rings (SSSR count). The van der Waals surface area contributed by atoms with E-state index >= 15 is 0 Å². The van der Waals surface area contributed by atoms with Crippen LogP contribution < -0.4 is 0 Å². The largest absolute Gasteiger partial charge is 0.0933 e. The first-order valence-electron chi connectivity index (χ1n) is 2.04. The first-order valence-corrected chi connectivity index (χ1v) is 2.48. The highest BCUT2D eigenvalue weighted by molar-refractivity contribution is 6.25.